The van der Waals surface area contributed by atoms with Gasteiger partial charge in [0.05, 0.1) is 4.90 Å². The lowest BCUT2D eigenvalue weighted by Crippen LogP contribution is -2.25. The predicted molar refractivity (Wildman–Crippen MR) is 96.9 cm³/mol. The Labute approximate surface area is 148 Å². The molecule has 0 atom stereocenters. The standard InChI is InChI=1S/C19H22N2O3S/c1-13-3-10-18(11-14(13)2)25(23,24)20-12-15-4-6-16(7-5-15)19(22)21-17-8-9-17/h3-7,10-11,17,20H,8-9,12H2,1-2H3,(H,21,22). The Hall–Kier alpha value is -2.18. The maximum atomic E-state index is 12.4. The van der Waals surface area contributed by atoms with E-state index in [0.717, 1.165) is 29.5 Å². The first-order valence-corrected chi connectivity index (χ1v) is 9.80. The molecule has 1 fully saturated rings. The molecule has 0 aromatic heterocycles. The molecule has 1 saturated carbocycles. The number of aryl methyl sites for hydroxylation is 2. The van der Waals surface area contributed by atoms with Crippen LogP contribution in [0, 0.1) is 13.8 Å². The van der Waals surface area contributed by atoms with E-state index in [1.54, 1.807) is 42.5 Å². The van der Waals surface area contributed by atoms with Gasteiger partial charge in [-0.25, -0.2) is 13.1 Å². The van der Waals surface area contributed by atoms with Crippen LogP contribution in [0.25, 0.3) is 0 Å². The molecule has 0 spiro atoms. The molecule has 0 radical (unpaired) electrons. The lowest BCUT2D eigenvalue weighted by atomic mass is 10.1. The summed E-state index contributed by atoms with van der Waals surface area (Å²) in [5.74, 6) is -0.0789. The average Bonchev–Trinajstić information content (AvgIpc) is 3.40. The molecule has 5 nitrogen and oxygen atoms in total. The molecule has 132 valence electrons. The molecule has 1 aliphatic rings. The van der Waals surface area contributed by atoms with Gasteiger partial charge in [0.2, 0.25) is 10.0 Å². The Bertz CT molecular complexity index is 885. The van der Waals surface area contributed by atoms with Crippen LogP contribution < -0.4 is 10.0 Å². The van der Waals surface area contributed by atoms with Crippen molar-refractivity contribution in [3.8, 4) is 0 Å². The molecule has 25 heavy (non-hydrogen) atoms. The van der Waals surface area contributed by atoms with Gasteiger partial charge in [-0.05, 0) is 67.6 Å². The molecule has 1 amide bonds. The third-order valence-corrected chi connectivity index (χ3v) is 5.78. The topological polar surface area (TPSA) is 75.3 Å². The molecular weight excluding hydrogens is 336 g/mol. The van der Waals surface area contributed by atoms with Crippen molar-refractivity contribution in [3.63, 3.8) is 0 Å². The minimum atomic E-state index is -3.56. The Morgan fingerprint density at radius 2 is 1.72 bits per heavy atom. The first kappa shape index (κ1) is 17.6. The van der Waals surface area contributed by atoms with Crippen molar-refractivity contribution in [1.29, 1.82) is 0 Å². The number of carbonyl (C=O) groups excluding carboxylic acids is 1. The second-order valence-electron chi connectivity index (χ2n) is 6.52. The largest absolute Gasteiger partial charge is 0.349 e. The zero-order valence-corrected chi connectivity index (χ0v) is 15.2. The summed E-state index contributed by atoms with van der Waals surface area (Å²) in [4.78, 5) is 12.2. The maximum Gasteiger partial charge on any atom is 0.251 e. The summed E-state index contributed by atoms with van der Waals surface area (Å²) in [6.45, 7) is 4.01. The van der Waals surface area contributed by atoms with Crippen LogP contribution in [0.5, 0.6) is 0 Å². The van der Waals surface area contributed by atoms with Gasteiger partial charge in [0.15, 0.2) is 0 Å². The highest BCUT2D eigenvalue weighted by molar-refractivity contribution is 7.89. The number of rotatable bonds is 6. The third kappa shape index (κ3) is 4.46. The van der Waals surface area contributed by atoms with Crippen LogP contribution in [0.2, 0.25) is 0 Å². The van der Waals surface area contributed by atoms with E-state index in [4.69, 9.17) is 0 Å². The predicted octanol–water partition coefficient (Wildman–Crippen LogP) is 2.67. The van der Waals surface area contributed by atoms with Gasteiger partial charge in [-0.3, -0.25) is 4.79 Å². The van der Waals surface area contributed by atoms with Crippen molar-refractivity contribution in [2.24, 2.45) is 0 Å². The van der Waals surface area contributed by atoms with Crippen LogP contribution in [-0.4, -0.2) is 20.4 Å². The lowest BCUT2D eigenvalue weighted by molar-refractivity contribution is 0.0951. The molecule has 2 N–H and O–H groups in total. The number of nitrogens with one attached hydrogen (secondary N) is 2. The van der Waals surface area contributed by atoms with E-state index >= 15 is 0 Å². The normalized spacial score (nSPS) is 14.3. The summed E-state index contributed by atoms with van der Waals surface area (Å²) in [5, 5.41) is 2.93. The van der Waals surface area contributed by atoms with Crippen LogP contribution in [0.15, 0.2) is 47.4 Å². The van der Waals surface area contributed by atoms with Gasteiger partial charge in [-0.2, -0.15) is 0 Å². The number of amides is 1. The molecule has 0 bridgehead atoms. The molecule has 0 unspecified atom stereocenters. The monoisotopic (exact) mass is 358 g/mol. The fourth-order valence-electron chi connectivity index (χ4n) is 2.41. The van der Waals surface area contributed by atoms with Crippen LogP contribution in [0.4, 0.5) is 0 Å². The van der Waals surface area contributed by atoms with Crippen LogP contribution in [-0.2, 0) is 16.6 Å². The number of hydrogen-bond donors (Lipinski definition) is 2. The van der Waals surface area contributed by atoms with E-state index in [0.29, 0.717) is 11.6 Å². The Kier molecular flexibility index (Phi) is 4.92. The van der Waals surface area contributed by atoms with E-state index < -0.39 is 10.0 Å². The highest BCUT2D eigenvalue weighted by atomic mass is 32.2. The maximum absolute atomic E-state index is 12.4. The molecular formula is C19H22N2O3S. The quantitative estimate of drug-likeness (QED) is 0.834. The Balaban J connectivity index is 1.63. The third-order valence-electron chi connectivity index (χ3n) is 4.38. The number of carbonyl (C=O) groups is 1. The molecule has 0 saturated heterocycles. The molecule has 6 heteroatoms. The highest BCUT2D eigenvalue weighted by Crippen LogP contribution is 2.19. The molecule has 0 aliphatic heterocycles. The first-order chi connectivity index (χ1) is 11.8. The number of hydrogen-bond acceptors (Lipinski definition) is 3. The zero-order chi connectivity index (χ0) is 18.0. The number of sulfonamides is 1. The van der Waals surface area contributed by atoms with Gasteiger partial charge in [0, 0.05) is 18.2 Å². The van der Waals surface area contributed by atoms with Gasteiger partial charge in [0.1, 0.15) is 0 Å². The van der Waals surface area contributed by atoms with Crippen LogP contribution >= 0.6 is 0 Å². The lowest BCUT2D eigenvalue weighted by Gasteiger charge is -2.09. The SMILES string of the molecule is Cc1ccc(S(=O)(=O)NCc2ccc(C(=O)NC3CC3)cc2)cc1C. The van der Waals surface area contributed by atoms with E-state index in [1.165, 1.54) is 0 Å². The molecule has 3 rings (SSSR count). The minimum Gasteiger partial charge on any atom is -0.349 e. The van der Waals surface area contributed by atoms with Crippen LogP contribution in [0.3, 0.4) is 0 Å². The van der Waals surface area contributed by atoms with Gasteiger partial charge < -0.3 is 5.32 Å². The van der Waals surface area contributed by atoms with Crippen molar-refractivity contribution in [3.05, 3.63) is 64.7 Å². The average molecular weight is 358 g/mol. The van der Waals surface area contributed by atoms with E-state index in [1.807, 2.05) is 13.8 Å². The van der Waals surface area contributed by atoms with E-state index in [-0.39, 0.29) is 17.3 Å². The fourth-order valence-corrected chi connectivity index (χ4v) is 3.52. The van der Waals surface area contributed by atoms with Gasteiger partial charge in [-0.1, -0.05) is 18.2 Å². The summed E-state index contributed by atoms with van der Waals surface area (Å²) in [7, 11) is -3.56. The van der Waals surface area contributed by atoms with Crippen molar-refractivity contribution < 1.29 is 13.2 Å². The zero-order valence-electron chi connectivity index (χ0n) is 14.4. The van der Waals surface area contributed by atoms with Gasteiger partial charge in [-0.15, -0.1) is 0 Å². The van der Waals surface area contributed by atoms with Crippen LogP contribution in [0.1, 0.15) is 39.9 Å². The molecule has 2 aromatic carbocycles. The number of benzene rings is 2. The summed E-state index contributed by atoms with van der Waals surface area (Å²) < 4.78 is 27.4. The molecule has 0 heterocycles. The summed E-state index contributed by atoms with van der Waals surface area (Å²) in [5.41, 5.74) is 3.39. The minimum absolute atomic E-state index is 0.0789. The van der Waals surface area contributed by atoms with Crippen molar-refractivity contribution in [2.45, 2.75) is 44.2 Å². The van der Waals surface area contributed by atoms with E-state index in [9.17, 15) is 13.2 Å². The highest BCUT2D eigenvalue weighted by Gasteiger charge is 2.23. The summed E-state index contributed by atoms with van der Waals surface area (Å²) >= 11 is 0. The Morgan fingerprint density at radius 1 is 1.04 bits per heavy atom. The molecule has 1 aliphatic carbocycles. The van der Waals surface area contributed by atoms with Crippen molar-refractivity contribution >= 4 is 15.9 Å². The summed E-state index contributed by atoms with van der Waals surface area (Å²) in [6, 6.07) is 12.4. The van der Waals surface area contributed by atoms with Gasteiger partial charge >= 0.3 is 0 Å². The van der Waals surface area contributed by atoms with Crippen molar-refractivity contribution in [1.82, 2.24) is 10.0 Å². The second-order valence-corrected chi connectivity index (χ2v) is 8.28. The van der Waals surface area contributed by atoms with Crippen molar-refractivity contribution in [2.75, 3.05) is 0 Å². The first-order valence-electron chi connectivity index (χ1n) is 8.32. The van der Waals surface area contributed by atoms with E-state index in [2.05, 4.69) is 10.0 Å². The fraction of sp³-hybridized carbons (Fsp3) is 0.316. The molecule has 2 aromatic rings. The smallest absolute Gasteiger partial charge is 0.251 e. The summed E-state index contributed by atoms with van der Waals surface area (Å²) in [6.07, 6.45) is 2.09. The van der Waals surface area contributed by atoms with Gasteiger partial charge in [0.25, 0.3) is 5.91 Å². The Morgan fingerprint density at radius 3 is 2.32 bits per heavy atom. The second kappa shape index (κ2) is 6.98.